The van der Waals surface area contributed by atoms with Crippen molar-refractivity contribution in [2.75, 3.05) is 0 Å². The van der Waals surface area contributed by atoms with E-state index in [2.05, 4.69) is 9.97 Å². The van der Waals surface area contributed by atoms with Gasteiger partial charge >= 0.3 is 0 Å². The van der Waals surface area contributed by atoms with Crippen LogP contribution in [0.4, 0.5) is 0 Å². The van der Waals surface area contributed by atoms with Crippen molar-refractivity contribution in [3.8, 4) is 0 Å². The van der Waals surface area contributed by atoms with Gasteiger partial charge in [0.1, 0.15) is 22.1 Å². The average Bonchev–Trinajstić information content (AvgIpc) is 2.91. The van der Waals surface area contributed by atoms with Crippen LogP contribution in [-0.4, -0.2) is 9.97 Å². The van der Waals surface area contributed by atoms with Crippen molar-refractivity contribution in [2.45, 2.75) is 0 Å². The SMILES string of the molecule is O=c1c2ccccc2c(=O)c2nc3c(nc12)c(=O)c1ccccc13. The van der Waals surface area contributed by atoms with E-state index in [1.165, 1.54) is 0 Å². The Hall–Kier alpha value is -3.47. The van der Waals surface area contributed by atoms with Crippen LogP contribution in [0.15, 0.2) is 62.9 Å². The second-order valence-corrected chi connectivity index (χ2v) is 5.70. The Kier molecular flexibility index (Phi) is 2.33. The van der Waals surface area contributed by atoms with E-state index in [-0.39, 0.29) is 32.8 Å². The van der Waals surface area contributed by atoms with Crippen LogP contribution in [0.25, 0.3) is 43.6 Å². The summed E-state index contributed by atoms with van der Waals surface area (Å²) in [5.41, 5.74) is -0.507. The van der Waals surface area contributed by atoms with Gasteiger partial charge in [-0.2, -0.15) is 0 Å². The van der Waals surface area contributed by atoms with E-state index in [1.54, 1.807) is 48.5 Å². The number of nitrogens with zero attached hydrogens (tertiary/aromatic N) is 2. The van der Waals surface area contributed by atoms with Gasteiger partial charge in [-0.3, -0.25) is 14.4 Å². The van der Waals surface area contributed by atoms with E-state index in [4.69, 9.17) is 0 Å². The standard InChI is InChI=1S/C19H8N2O3/c22-17-10-6-2-1-5-9(10)13-14(17)21-16-15(20-13)18(23)11-7-3-4-8-12(11)19(16)24/h1-8H. The first-order valence-corrected chi connectivity index (χ1v) is 7.41. The number of rotatable bonds is 0. The minimum absolute atomic E-state index is 0.0157. The topological polar surface area (TPSA) is 77.0 Å². The van der Waals surface area contributed by atoms with Crippen LogP contribution in [0, 0.1) is 0 Å². The van der Waals surface area contributed by atoms with E-state index in [9.17, 15) is 14.4 Å². The largest absolute Gasteiger partial charge is 0.287 e. The lowest BCUT2D eigenvalue weighted by Crippen LogP contribution is -2.16. The van der Waals surface area contributed by atoms with Crippen molar-refractivity contribution in [1.82, 2.24) is 9.97 Å². The molecular formula is C19H8N2O3. The molecule has 0 aliphatic heterocycles. The highest BCUT2D eigenvalue weighted by Crippen LogP contribution is 2.22. The summed E-state index contributed by atoms with van der Waals surface area (Å²) >= 11 is 0. The van der Waals surface area contributed by atoms with E-state index in [0.717, 1.165) is 0 Å². The van der Waals surface area contributed by atoms with Gasteiger partial charge in [-0.25, -0.2) is 9.97 Å². The molecule has 1 heterocycles. The maximum atomic E-state index is 12.7. The number of hydrogen-bond acceptors (Lipinski definition) is 5. The molecule has 5 heteroatoms. The molecule has 0 radical (unpaired) electrons. The van der Waals surface area contributed by atoms with Crippen LogP contribution in [-0.2, 0) is 0 Å². The average molecular weight is 312 g/mol. The molecule has 4 aromatic carbocycles. The van der Waals surface area contributed by atoms with Gasteiger partial charge in [0.2, 0.25) is 16.3 Å². The van der Waals surface area contributed by atoms with Gasteiger partial charge in [0.15, 0.2) is 0 Å². The molecule has 112 valence electrons. The highest BCUT2D eigenvalue weighted by molar-refractivity contribution is 6.10. The highest BCUT2D eigenvalue weighted by Gasteiger charge is 2.18. The Morgan fingerprint density at radius 3 is 1.29 bits per heavy atom. The molecule has 0 saturated heterocycles. The Bertz CT molecular complexity index is 1460. The van der Waals surface area contributed by atoms with Gasteiger partial charge < -0.3 is 0 Å². The molecule has 0 amide bonds. The molecule has 5 rings (SSSR count). The number of benzene rings is 3. The third-order valence-corrected chi connectivity index (χ3v) is 4.38. The third kappa shape index (κ3) is 1.46. The summed E-state index contributed by atoms with van der Waals surface area (Å²) in [7, 11) is 0. The number of aromatic nitrogens is 2. The normalized spacial score (nSPS) is 11.8. The molecule has 0 unspecified atom stereocenters. The summed E-state index contributed by atoms with van der Waals surface area (Å²) in [5, 5.41) is 1.76. The van der Waals surface area contributed by atoms with Crippen LogP contribution in [0.2, 0.25) is 0 Å². The molecule has 5 aromatic rings. The van der Waals surface area contributed by atoms with Gasteiger partial charge in [-0.05, 0) is 0 Å². The molecule has 0 spiro atoms. The van der Waals surface area contributed by atoms with E-state index >= 15 is 0 Å². The lowest BCUT2D eigenvalue weighted by atomic mass is 10.1. The molecule has 1 aromatic heterocycles. The Labute approximate surface area is 133 Å². The quantitative estimate of drug-likeness (QED) is 0.409. The highest BCUT2D eigenvalue weighted by atomic mass is 16.1. The smallest absolute Gasteiger partial charge is 0.214 e. The van der Waals surface area contributed by atoms with Crippen LogP contribution in [0.5, 0.6) is 0 Å². The molecule has 5 nitrogen and oxygen atoms in total. The second kappa shape index (κ2) is 4.29. The number of fused-ring (bicyclic) bond motifs is 5. The summed E-state index contributed by atoms with van der Waals surface area (Å²) in [6, 6.07) is 13.6. The molecule has 0 bridgehead atoms. The molecule has 24 heavy (non-hydrogen) atoms. The molecule has 0 aliphatic rings. The van der Waals surface area contributed by atoms with Gasteiger partial charge in [-0.15, -0.1) is 0 Å². The molecule has 0 N–H and O–H groups in total. The maximum Gasteiger partial charge on any atom is 0.214 e. The van der Waals surface area contributed by atoms with Crippen molar-refractivity contribution < 1.29 is 0 Å². The van der Waals surface area contributed by atoms with E-state index in [1.807, 2.05) is 0 Å². The minimum Gasteiger partial charge on any atom is -0.287 e. The Morgan fingerprint density at radius 1 is 0.458 bits per heavy atom. The summed E-state index contributed by atoms with van der Waals surface area (Å²) in [6.45, 7) is 0. The van der Waals surface area contributed by atoms with Crippen LogP contribution in [0.1, 0.15) is 0 Å². The maximum absolute atomic E-state index is 12.7. The zero-order valence-corrected chi connectivity index (χ0v) is 12.2. The molecular weight excluding hydrogens is 304 g/mol. The Balaban J connectivity index is 2.16. The van der Waals surface area contributed by atoms with Crippen LogP contribution >= 0.6 is 0 Å². The predicted molar refractivity (Wildman–Crippen MR) is 93.2 cm³/mol. The molecule has 0 atom stereocenters. The molecule has 0 fully saturated rings. The lowest BCUT2D eigenvalue weighted by molar-refractivity contribution is 1.39. The fourth-order valence-corrected chi connectivity index (χ4v) is 3.25. The van der Waals surface area contributed by atoms with Gasteiger partial charge in [0, 0.05) is 21.5 Å². The van der Waals surface area contributed by atoms with E-state index < -0.39 is 0 Å². The first-order valence-electron chi connectivity index (χ1n) is 7.41. The number of hydrogen-bond donors (Lipinski definition) is 0. The molecule has 0 saturated carbocycles. The second-order valence-electron chi connectivity index (χ2n) is 5.70. The van der Waals surface area contributed by atoms with Crippen molar-refractivity contribution in [3.63, 3.8) is 0 Å². The summed E-state index contributed by atoms with van der Waals surface area (Å²) < 4.78 is 0. The van der Waals surface area contributed by atoms with Crippen molar-refractivity contribution >= 4 is 43.6 Å². The first kappa shape index (κ1) is 13.0. The lowest BCUT2D eigenvalue weighted by Gasteiger charge is -2.00. The monoisotopic (exact) mass is 312 g/mol. The summed E-state index contributed by atoms with van der Waals surface area (Å²) in [5.74, 6) is 0. The fourth-order valence-electron chi connectivity index (χ4n) is 3.25. The van der Waals surface area contributed by atoms with Gasteiger partial charge in [-0.1, -0.05) is 48.5 Å². The summed E-state index contributed by atoms with van der Waals surface area (Å²) in [4.78, 5) is 46.5. The first-order chi connectivity index (χ1) is 11.7. The van der Waals surface area contributed by atoms with Crippen LogP contribution in [0.3, 0.4) is 0 Å². The van der Waals surface area contributed by atoms with Crippen LogP contribution < -0.4 is 16.3 Å². The Morgan fingerprint density at radius 2 is 0.792 bits per heavy atom. The zero-order chi connectivity index (χ0) is 16.4. The zero-order valence-electron chi connectivity index (χ0n) is 12.2. The van der Waals surface area contributed by atoms with Gasteiger partial charge in [0.25, 0.3) is 0 Å². The summed E-state index contributed by atoms with van der Waals surface area (Å²) in [6.07, 6.45) is 0. The van der Waals surface area contributed by atoms with Crippen molar-refractivity contribution in [2.24, 2.45) is 0 Å². The van der Waals surface area contributed by atoms with E-state index in [0.29, 0.717) is 27.1 Å². The minimum atomic E-state index is -0.376. The van der Waals surface area contributed by atoms with Crippen molar-refractivity contribution in [3.05, 3.63) is 79.2 Å². The predicted octanol–water partition coefficient (Wildman–Crippen LogP) is 2.05. The molecule has 0 aliphatic carbocycles. The fraction of sp³-hybridized carbons (Fsp3) is 0. The van der Waals surface area contributed by atoms with Gasteiger partial charge in [0.05, 0.1) is 0 Å². The van der Waals surface area contributed by atoms with Crippen molar-refractivity contribution in [1.29, 1.82) is 0 Å². The third-order valence-electron chi connectivity index (χ3n) is 4.38.